The van der Waals surface area contributed by atoms with Gasteiger partial charge in [0.2, 0.25) is 0 Å². The lowest BCUT2D eigenvalue weighted by atomic mass is 10.1. The Morgan fingerprint density at radius 3 is 2.67 bits per heavy atom. The number of hydrogen-bond acceptors (Lipinski definition) is 5. The lowest BCUT2D eigenvalue weighted by Gasteiger charge is -2.29. The number of fused-ring (bicyclic) bond motifs is 1. The molecule has 8 heteroatoms. The van der Waals surface area contributed by atoms with Crippen LogP contribution in [0, 0.1) is 10.1 Å². The van der Waals surface area contributed by atoms with Crippen LogP contribution < -0.4 is 9.61 Å². The van der Waals surface area contributed by atoms with Gasteiger partial charge in [-0.2, -0.15) is 0 Å². The smallest absolute Gasteiger partial charge is 0.313 e. The standard InChI is InChI=1S/C16H25N2O4PS/c1-2-3-4-5-6-7-8-11-17-23(24)21-13-14-12-15(18(19)20)9-10-16(14)22-23/h9-10,12H,2-8,11,13H2,1H3,(H,17,24)/t23-/m0/s1. The Morgan fingerprint density at radius 2 is 1.96 bits per heavy atom. The van der Waals surface area contributed by atoms with Gasteiger partial charge in [-0.3, -0.25) is 10.1 Å². The highest BCUT2D eigenvalue weighted by molar-refractivity contribution is 8.09. The molecular formula is C16H25N2O4PS. The van der Waals surface area contributed by atoms with Crippen molar-refractivity contribution in [2.45, 2.75) is 58.5 Å². The monoisotopic (exact) mass is 372 g/mol. The van der Waals surface area contributed by atoms with Crippen molar-refractivity contribution in [1.29, 1.82) is 0 Å². The molecule has 0 saturated heterocycles. The summed E-state index contributed by atoms with van der Waals surface area (Å²) in [5.41, 5.74) is 0.703. The van der Waals surface area contributed by atoms with E-state index in [9.17, 15) is 10.1 Å². The third-order valence-corrected chi connectivity index (χ3v) is 6.39. The van der Waals surface area contributed by atoms with Crippen molar-refractivity contribution in [2.24, 2.45) is 0 Å². The highest BCUT2D eigenvalue weighted by atomic mass is 32.5. The van der Waals surface area contributed by atoms with Gasteiger partial charge < -0.3 is 9.05 Å². The lowest BCUT2D eigenvalue weighted by Crippen LogP contribution is -2.21. The van der Waals surface area contributed by atoms with Crippen LogP contribution in [-0.4, -0.2) is 11.5 Å². The van der Waals surface area contributed by atoms with Crippen molar-refractivity contribution in [2.75, 3.05) is 6.54 Å². The van der Waals surface area contributed by atoms with E-state index in [1.807, 2.05) is 0 Å². The van der Waals surface area contributed by atoms with E-state index in [0.29, 0.717) is 11.3 Å². The molecule has 134 valence electrons. The molecule has 1 heterocycles. The highest BCUT2D eigenvalue weighted by Gasteiger charge is 2.28. The largest absolute Gasteiger partial charge is 0.432 e. The minimum atomic E-state index is -2.54. The Morgan fingerprint density at radius 1 is 1.25 bits per heavy atom. The zero-order valence-electron chi connectivity index (χ0n) is 14.0. The molecule has 0 bridgehead atoms. The van der Waals surface area contributed by atoms with Crippen molar-refractivity contribution in [3.8, 4) is 5.75 Å². The van der Waals surface area contributed by atoms with Crippen molar-refractivity contribution in [3.63, 3.8) is 0 Å². The van der Waals surface area contributed by atoms with Crippen LogP contribution in [0.5, 0.6) is 5.75 Å². The second-order valence-electron chi connectivity index (χ2n) is 5.94. The Balaban J connectivity index is 1.75. The minimum Gasteiger partial charge on any atom is -0.432 e. The van der Waals surface area contributed by atoms with Gasteiger partial charge in [-0.25, -0.2) is 5.09 Å². The quantitative estimate of drug-likeness (QED) is 0.268. The summed E-state index contributed by atoms with van der Waals surface area (Å²) >= 11 is 5.47. The second kappa shape index (κ2) is 9.47. The fourth-order valence-electron chi connectivity index (χ4n) is 2.57. The summed E-state index contributed by atoms with van der Waals surface area (Å²) in [6, 6.07) is 4.51. The highest BCUT2D eigenvalue weighted by Crippen LogP contribution is 2.50. The first kappa shape index (κ1) is 19.3. The number of rotatable bonds is 10. The molecule has 0 spiro atoms. The first-order chi connectivity index (χ1) is 11.5. The number of hydrogen-bond donors (Lipinski definition) is 1. The molecule has 1 aromatic rings. The van der Waals surface area contributed by atoms with Crippen LogP contribution in [0.15, 0.2) is 18.2 Å². The predicted molar refractivity (Wildman–Crippen MR) is 98.8 cm³/mol. The van der Waals surface area contributed by atoms with E-state index in [4.69, 9.17) is 20.9 Å². The second-order valence-corrected chi connectivity index (χ2v) is 9.13. The van der Waals surface area contributed by atoms with Gasteiger partial charge in [-0.15, -0.1) is 0 Å². The fraction of sp³-hybridized carbons (Fsp3) is 0.625. The van der Waals surface area contributed by atoms with Crippen LogP contribution in [-0.2, 0) is 22.9 Å². The van der Waals surface area contributed by atoms with Gasteiger partial charge in [0.25, 0.3) is 5.69 Å². The van der Waals surface area contributed by atoms with Crippen LogP contribution in [0.25, 0.3) is 0 Å². The fourth-order valence-corrected chi connectivity index (χ4v) is 4.63. The van der Waals surface area contributed by atoms with E-state index in [1.165, 1.54) is 50.7 Å². The van der Waals surface area contributed by atoms with E-state index < -0.39 is 11.6 Å². The third kappa shape index (κ3) is 5.81. The molecule has 0 amide bonds. The topological polar surface area (TPSA) is 73.6 Å². The van der Waals surface area contributed by atoms with E-state index in [-0.39, 0.29) is 12.3 Å². The van der Waals surface area contributed by atoms with Crippen LogP contribution in [0.3, 0.4) is 0 Å². The van der Waals surface area contributed by atoms with Crippen LogP contribution in [0.1, 0.15) is 57.4 Å². The molecule has 1 atom stereocenters. The molecule has 1 N–H and O–H groups in total. The maximum absolute atomic E-state index is 10.8. The summed E-state index contributed by atoms with van der Waals surface area (Å²) in [5, 5.41) is 14.0. The molecule has 1 aliphatic heterocycles. The van der Waals surface area contributed by atoms with Gasteiger partial charge in [0, 0.05) is 24.2 Å². The van der Waals surface area contributed by atoms with Gasteiger partial charge in [0.15, 0.2) is 0 Å². The van der Waals surface area contributed by atoms with Gasteiger partial charge in [0.05, 0.1) is 11.5 Å². The molecular weight excluding hydrogens is 347 g/mol. The number of nitro groups is 1. The van der Waals surface area contributed by atoms with Crippen LogP contribution >= 0.6 is 6.64 Å². The molecule has 1 aliphatic rings. The molecule has 0 saturated carbocycles. The van der Waals surface area contributed by atoms with Crippen molar-refractivity contribution < 1.29 is 14.0 Å². The Labute approximate surface area is 148 Å². The lowest BCUT2D eigenvalue weighted by molar-refractivity contribution is -0.385. The number of benzene rings is 1. The average Bonchev–Trinajstić information content (AvgIpc) is 2.56. The van der Waals surface area contributed by atoms with E-state index in [2.05, 4.69) is 12.0 Å². The predicted octanol–water partition coefficient (Wildman–Crippen LogP) is 5.07. The summed E-state index contributed by atoms with van der Waals surface area (Å²) in [6.07, 6.45) is 8.66. The first-order valence-corrected chi connectivity index (χ1v) is 11.1. The summed E-state index contributed by atoms with van der Waals surface area (Å²) in [5.74, 6) is 0.585. The van der Waals surface area contributed by atoms with Crippen molar-refractivity contribution in [1.82, 2.24) is 5.09 Å². The summed E-state index contributed by atoms with van der Waals surface area (Å²) in [4.78, 5) is 10.4. The maximum atomic E-state index is 10.8. The van der Waals surface area contributed by atoms with Gasteiger partial charge >= 0.3 is 6.64 Å². The minimum absolute atomic E-state index is 0.0344. The molecule has 2 rings (SSSR count). The van der Waals surface area contributed by atoms with Gasteiger partial charge in [0.1, 0.15) is 5.75 Å². The molecule has 1 aromatic carbocycles. The maximum Gasteiger partial charge on any atom is 0.313 e. The number of unbranched alkanes of at least 4 members (excludes halogenated alkanes) is 6. The van der Waals surface area contributed by atoms with Gasteiger partial charge in [-0.05, 0) is 24.3 Å². The van der Waals surface area contributed by atoms with E-state index in [0.717, 1.165) is 13.0 Å². The van der Waals surface area contributed by atoms with E-state index >= 15 is 0 Å². The van der Waals surface area contributed by atoms with E-state index in [1.54, 1.807) is 6.07 Å². The van der Waals surface area contributed by atoms with Crippen molar-refractivity contribution >= 4 is 24.1 Å². The summed E-state index contributed by atoms with van der Waals surface area (Å²) < 4.78 is 11.4. The summed E-state index contributed by atoms with van der Waals surface area (Å²) in [6.45, 7) is 0.702. The Hall–Kier alpha value is -1.01. The first-order valence-electron chi connectivity index (χ1n) is 8.51. The van der Waals surface area contributed by atoms with Gasteiger partial charge in [-0.1, -0.05) is 45.4 Å². The number of nitrogens with one attached hydrogen (secondary N) is 1. The molecule has 0 aromatic heterocycles. The number of non-ortho nitro benzene ring substituents is 1. The van der Waals surface area contributed by atoms with Crippen LogP contribution in [0.4, 0.5) is 5.69 Å². The Kier molecular flexibility index (Phi) is 7.62. The number of nitrogens with zero attached hydrogens (tertiary/aromatic N) is 1. The summed E-state index contributed by atoms with van der Waals surface area (Å²) in [7, 11) is 0. The normalized spacial score (nSPS) is 19.5. The van der Waals surface area contributed by atoms with Crippen LogP contribution in [0.2, 0.25) is 0 Å². The molecule has 0 unspecified atom stereocenters. The van der Waals surface area contributed by atoms with Crippen molar-refractivity contribution in [3.05, 3.63) is 33.9 Å². The molecule has 0 aliphatic carbocycles. The Bertz CT molecular complexity index is 612. The molecule has 0 fully saturated rings. The molecule has 0 radical (unpaired) electrons. The third-order valence-electron chi connectivity index (χ3n) is 3.95. The molecule has 6 nitrogen and oxygen atoms in total. The average molecular weight is 372 g/mol. The zero-order chi connectivity index (χ0) is 17.4. The SMILES string of the molecule is CCCCCCCCCN[P@]1(=S)OCc2cc([N+](=O)[O-])ccc2O1. The molecule has 24 heavy (non-hydrogen) atoms. The zero-order valence-corrected chi connectivity index (χ0v) is 15.7. The number of nitro benzene ring substituents is 1.